The Labute approximate surface area is 206 Å². The smallest absolute Gasteiger partial charge is 0.251 e. The molecule has 1 aromatic heterocycles. The summed E-state index contributed by atoms with van der Waals surface area (Å²) < 4.78 is 1.80. The summed E-state index contributed by atoms with van der Waals surface area (Å²) in [6, 6.07) is 12.4. The maximum Gasteiger partial charge on any atom is 0.251 e. The van der Waals surface area contributed by atoms with Crippen molar-refractivity contribution in [2.75, 3.05) is 11.1 Å². The lowest BCUT2D eigenvalue weighted by molar-refractivity contribution is -0.113. The van der Waals surface area contributed by atoms with Crippen molar-refractivity contribution >= 4 is 52.5 Å². The van der Waals surface area contributed by atoms with Gasteiger partial charge in [0.15, 0.2) is 11.0 Å². The Hall–Kier alpha value is -2.81. The first kappa shape index (κ1) is 24.8. The van der Waals surface area contributed by atoms with Crippen LogP contribution in [0, 0.1) is 0 Å². The largest absolute Gasteiger partial charge is 0.345 e. The molecule has 0 aliphatic heterocycles. The third-order valence-corrected chi connectivity index (χ3v) is 6.38. The van der Waals surface area contributed by atoms with Crippen LogP contribution >= 0.6 is 35.0 Å². The average Bonchev–Trinajstić information content (AvgIpc) is 3.20. The number of amides is 2. The highest BCUT2D eigenvalue weighted by Crippen LogP contribution is 2.23. The van der Waals surface area contributed by atoms with E-state index >= 15 is 0 Å². The van der Waals surface area contributed by atoms with Crippen LogP contribution in [0.25, 0.3) is 0 Å². The van der Waals surface area contributed by atoms with Gasteiger partial charge in [0.05, 0.1) is 22.3 Å². The van der Waals surface area contributed by atoms with E-state index in [2.05, 4.69) is 34.3 Å². The standard InChI is InChI=1S/C23H23Cl2N5O2S/c1-3-11-30-20(13-26-22(32)16-7-10-18(24)19(25)12-16)28-29-23(30)33-14-21(31)27-17-8-5-15(4-2)6-9-17/h3,5-10,12H,1,4,11,13-14H2,2H3,(H,26,32)(H,27,31). The lowest BCUT2D eigenvalue weighted by atomic mass is 10.1. The molecule has 0 aliphatic rings. The Morgan fingerprint density at radius 3 is 2.55 bits per heavy atom. The molecule has 2 amide bonds. The molecule has 0 atom stereocenters. The molecule has 0 saturated heterocycles. The van der Waals surface area contributed by atoms with Crippen LogP contribution in [-0.2, 0) is 24.3 Å². The van der Waals surface area contributed by atoms with E-state index in [1.165, 1.54) is 23.4 Å². The third-order valence-electron chi connectivity index (χ3n) is 4.67. The van der Waals surface area contributed by atoms with Gasteiger partial charge in [-0.1, -0.05) is 60.1 Å². The number of nitrogens with zero attached hydrogens (tertiary/aromatic N) is 3. The number of aromatic nitrogens is 3. The molecular weight excluding hydrogens is 481 g/mol. The minimum absolute atomic E-state index is 0.146. The molecule has 1 heterocycles. The van der Waals surface area contributed by atoms with Crippen molar-refractivity contribution < 1.29 is 9.59 Å². The van der Waals surface area contributed by atoms with Crippen LogP contribution in [-0.4, -0.2) is 32.3 Å². The number of thioether (sulfide) groups is 1. The molecule has 0 unspecified atom stereocenters. The Morgan fingerprint density at radius 1 is 1.12 bits per heavy atom. The van der Waals surface area contributed by atoms with Gasteiger partial charge in [-0.3, -0.25) is 9.59 Å². The number of hydrogen-bond donors (Lipinski definition) is 2. The van der Waals surface area contributed by atoms with Crippen LogP contribution in [0.1, 0.15) is 28.7 Å². The molecule has 0 fully saturated rings. The number of halogens is 2. The normalized spacial score (nSPS) is 10.6. The fourth-order valence-corrected chi connectivity index (χ4v) is 3.98. The van der Waals surface area contributed by atoms with E-state index in [1.54, 1.807) is 22.8 Å². The molecule has 172 valence electrons. The Kier molecular flexibility index (Phi) is 8.94. The number of aryl methyl sites for hydroxylation is 1. The molecule has 0 spiro atoms. The van der Waals surface area contributed by atoms with E-state index in [4.69, 9.17) is 23.2 Å². The third kappa shape index (κ3) is 6.83. The number of anilines is 1. The molecule has 0 aliphatic carbocycles. The van der Waals surface area contributed by atoms with Crippen molar-refractivity contribution in [1.29, 1.82) is 0 Å². The number of benzene rings is 2. The van der Waals surface area contributed by atoms with Gasteiger partial charge in [-0.15, -0.1) is 16.8 Å². The van der Waals surface area contributed by atoms with Crippen LogP contribution in [0.2, 0.25) is 10.0 Å². The Morgan fingerprint density at radius 2 is 1.88 bits per heavy atom. The first-order valence-electron chi connectivity index (χ1n) is 10.2. The van der Waals surface area contributed by atoms with E-state index in [1.807, 2.05) is 24.3 Å². The second kappa shape index (κ2) is 11.9. The Balaban J connectivity index is 1.59. The molecule has 33 heavy (non-hydrogen) atoms. The van der Waals surface area contributed by atoms with Crippen molar-refractivity contribution in [2.24, 2.45) is 0 Å². The SMILES string of the molecule is C=CCn1c(CNC(=O)c2ccc(Cl)c(Cl)c2)nnc1SCC(=O)Nc1ccc(CC)cc1. The van der Waals surface area contributed by atoms with E-state index in [-0.39, 0.29) is 24.1 Å². The van der Waals surface area contributed by atoms with Gasteiger partial charge >= 0.3 is 0 Å². The lowest BCUT2D eigenvalue weighted by Gasteiger charge is -2.09. The van der Waals surface area contributed by atoms with Crippen LogP contribution in [0.3, 0.4) is 0 Å². The van der Waals surface area contributed by atoms with E-state index < -0.39 is 0 Å². The van der Waals surface area contributed by atoms with Crippen LogP contribution in [0.4, 0.5) is 5.69 Å². The van der Waals surface area contributed by atoms with Crippen molar-refractivity contribution in [3.8, 4) is 0 Å². The predicted molar refractivity (Wildman–Crippen MR) is 133 cm³/mol. The molecular formula is C23H23Cl2N5O2S. The highest BCUT2D eigenvalue weighted by molar-refractivity contribution is 7.99. The second-order valence-corrected chi connectivity index (χ2v) is 8.75. The molecule has 10 heteroatoms. The maximum atomic E-state index is 12.4. The summed E-state index contributed by atoms with van der Waals surface area (Å²) in [5.41, 5.74) is 2.34. The number of nitrogens with one attached hydrogen (secondary N) is 2. The zero-order valence-corrected chi connectivity index (χ0v) is 20.3. The first-order valence-corrected chi connectivity index (χ1v) is 11.9. The average molecular weight is 504 g/mol. The summed E-state index contributed by atoms with van der Waals surface area (Å²) in [5.74, 6) is 0.248. The zero-order chi connectivity index (χ0) is 23.8. The first-order chi connectivity index (χ1) is 15.9. The van der Waals surface area contributed by atoms with Gasteiger partial charge < -0.3 is 15.2 Å². The topological polar surface area (TPSA) is 88.9 Å². The van der Waals surface area contributed by atoms with Crippen molar-refractivity contribution in [3.05, 3.63) is 82.1 Å². The molecule has 2 aromatic carbocycles. The highest BCUT2D eigenvalue weighted by Gasteiger charge is 2.15. The molecule has 2 N–H and O–H groups in total. The summed E-state index contributed by atoms with van der Waals surface area (Å²) in [7, 11) is 0. The quantitative estimate of drug-likeness (QED) is 0.300. The van der Waals surface area contributed by atoms with Gasteiger partial charge in [0.25, 0.3) is 5.91 Å². The van der Waals surface area contributed by atoms with Gasteiger partial charge in [-0.05, 0) is 42.3 Å². The predicted octanol–water partition coefficient (Wildman–Crippen LogP) is 4.99. The molecule has 3 rings (SSSR count). The zero-order valence-electron chi connectivity index (χ0n) is 18.0. The summed E-state index contributed by atoms with van der Waals surface area (Å²) >= 11 is 13.1. The fraction of sp³-hybridized carbons (Fsp3) is 0.217. The minimum Gasteiger partial charge on any atom is -0.345 e. The van der Waals surface area contributed by atoms with Crippen LogP contribution < -0.4 is 10.6 Å². The summed E-state index contributed by atoms with van der Waals surface area (Å²) in [4.78, 5) is 24.8. The van der Waals surface area contributed by atoms with Crippen molar-refractivity contribution in [2.45, 2.75) is 31.6 Å². The number of carbonyl (C=O) groups excluding carboxylic acids is 2. The summed E-state index contributed by atoms with van der Waals surface area (Å²) in [5, 5.41) is 15.2. The maximum absolute atomic E-state index is 12.4. The fourth-order valence-electron chi connectivity index (χ4n) is 2.92. The highest BCUT2D eigenvalue weighted by atomic mass is 35.5. The molecule has 0 saturated carbocycles. The minimum atomic E-state index is -0.315. The second-order valence-electron chi connectivity index (χ2n) is 7.00. The number of carbonyl (C=O) groups is 2. The van der Waals surface area contributed by atoms with Gasteiger partial charge in [-0.2, -0.15) is 0 Å². The van der Waals surface area contributed by atoms with E-state index in [9.17, 15) is 9.59 Å². The monoisotopic (exact) mass is 503 g/mol. The molecule has 0 radical (unpaired) electrons. The van der Waals surface area contributed by atoms with E-state index in [0.29, 0.717) is 33.1 Å². The van der Waals surface area contributed by atoms with Gasteiger partial charge in [0, 0.05) is 17.8 Å². The summed E-state index contributed by atoms with van der Waals surface area (Å²) in [6.07, 6.45) is 2.65. The Bertz CT molecular complexity index is 1150. The number of hydrogen-bond acceptors (Lipinski definition) is 5. The van der Waals surface area contributed by atoms with E-state index in [0.717, 1.165) is 12.1 Å². The van der Waals surface area contributed by atoms with Crippen molar-refractivity contribution in [1.82, 2.24) is 20.1 Å². The van der Waals surface area contributed by atoms with Crippen LogP contribution in [0.15, 0.2) is 60.3 Å². The molecule has 3 aromatic rings. The van der Waals surface area contributed by atoms with Crippen molar-refractivity contribution in [3.63, 3.8) is 0 Å². The van der Waals surface area contributed by atoms with Gasteiger partial charge in [-0.25, -0.2) is 0 Å². The number of allylic oxidation sites excluding steroid dienone is 1. The van der Waals surface area contributed by atoms with Gasteiger partial charge in [0.2, 0.25) is 5.91 Å². The van der Waals surface area contributed by atoms with Crippen LogP contribution in [0.5, 0.6) is 0 Å². The molecule has 7 nitrogen and oxygen atoms in total. The summed E-state index contributed by atoms with van der Waals surface area (Å²) in [6.45, 7) is 6.43. The molecule has 0 bridgehead atoms. The number of rotatable bonds is 10. The lowest BCUT2D eigenvalue weighted by Crippen LogP contribution is -2.25. The van der Waals surface area contributed by atoms with Gasteiger partial charge in [0.1, 0.15) is 0 Å².